The van der Waals surface area contributed by atoms with Gasteiger partial charge in [-0.25, -0.2) is 37.5 Å². The maximum absolute atomic E-state index is 14.3. The van der Waals surface area contributed by atoms with E-state index in [1.54, 1.807) is 19.6 Å². The summed E-state index contributed by atoms with van der Waals surface area (Å²) in [5.74, 6) is -3.11. The van der Waals surface area contributed by atoms with Crippen LogP contribution < -0.4 is 47.9 Å². The predicted octanol–water partition coefficient (Wildman–Crippen LogP) is 13.8. The van der Waals surface area contributed by atoms with Crippen molar-refractivity contribution in [3.8, 4) is 0 Å². The average molecular weight is 1940 g/mol. The quantitative estimate of drug-likeness (QED) is 0.0323. The first kappa shape index (κ1) is 101. The Morgan fingerprint density at radius 2 is 0.631 bits per heavy atom. The Morgan fingerprint density at radius 3 is 0.972 bits per heavy atom. The van der Waals surface area contributed by atoms with Gasteiger partial charge in [0.2, 0.25) is 35.4 Å². The van der Waals surface area contributed by atoms with Crippen LogP contribution in [-0.2, 0) is 48.4 Å². The molecule has 9 saturated heterocycles. The van der Waals surface area contributed by atoms with Crippen molar-refractivity contribution in [1.82, 2.24) is 74.7 Å². The zero-order valence-electron chi connectivity index (χ0n) is 82.2. The van der Waals surface area contributed by atoms with Gasteiger partial charge in [0.15, 0.2) is 0 Å². The Balaban J connectivity index is 0.000000152. The first-order chi connectivity index (χ1) is 68.2. The van der Waals surface area contributed by atoms with Gasteiger partial charge in [-0.15, -0.1) is 0 Å². The standard InChI is InChI=1S/2C36H49N7O4.C34H43F2N7O4/c1-25-10-11-28(22-26(25)2)37-35(46)38-32(34(45)42-20-12-29(13-21-42)40-16-6-3-7-17-40)23-33(44)41-18-14-30(15-19-41)43-24-27-8-4-5-9-31(27)39-36(43)47;1-25-10-11-26(2)31(22-25)37-35(46)38-32(34(45)42-20-12-28(13-21-42)40-16-6-3-7-17-40)23-33(44)41-18-14-29(15-19-41)43-24-27-8-4-5-9-30(27)39-36(43)47;35-24-8-9-29(27(36)20-24)37-33(46)38-30(32(45)42-18-10-25(11-19-42)40-14-4-1-5-15-40)21-31(44)41-16-12-26(13-17-41)43-22-23-6-2-3-7-28(23)39-34(43)47/h4-5,8-11,22,29-30,32H,3,6-7,12-21,23-24H2,1-2H3,(H,39,47)(H2,37,38,46);4-5,8-11,22,28-29,32H,3,6-7,12-21,23-24H2,1-2H3,(H,39,47)(H2,37,38,46);2-3,6-9,20,25-26,30H,1,4-5,10-19,21-22H2,(H,39,47)(H2,37,38,46)/t2*32-;30-/m000/s1. The van der Waals surface area contributed by atoms with Gasteiger partial charge in [0.25, 0.3) is 0 Å². The van der Waals surface area contributed by atoms with E-state index in [1.165, 1.54) is 57.8 Å². The highest BCUT2D eigenvalue weighted by Gasteiger charge is 2.43. The fraction of sp³-hybridized carbons (Fsp3) is 0.547. The molecular formula is C106H141F2N21O12. The monoisotopic (exact) mass is 1940 g/mol. The van der Waals surface area contributed by atoms with Crippen LogP contribution in [0, 0.1) is 39.3 Å². The molecule has 0 spiro atoms. The lowest BCUT2D eigenvalue weighted by atomic mass is 9.98. The van der Waals surface area contributed by atoms with Crippen LogP contribution in [0.4, 0.5) is 71.7 Å². The highest BCUT2D eigenvalue weighted by Crippen LogP contribution is 2.35. The Hall–Kier alpha value is -12.5. The summed E-state index contributed by atoms with van der Waals surface area (Å²) in [6.45, 7) is 22.4. The van der Waals surface area contributed by atoms with Crippen molar-refractivity contribution in [2.45, 2.75) is 256 Å². The van der Waals surface area contributed by atoms with Crippen LogP contribution in [0.25, 0.3) is 0 Å². The molecule has 0 saturated carbocycles. The van der Waals surface area contributed by atoms with Gasteiger partial charge in [-0.1, -0.05) is 92.1 Å². The number of amides is 18. The molecule has 0 aliphatic carbocycles. The third kappa shape index (κ3) is 26.5. The lowest BCUT2D eigenvalue weighted by Gasteiger charge is -2.41. The molecule has 0 bridgehead atoms. The van der Waals surface area contributed by atoms with Gasteiger partial charge in [-0.3, -0.25) is 28.8 Å². The number of carbonyl (C=O) groups excluding carboxylic acids is 12. The summed E-state index contributed by atoms with van der Waals surface area (Å²) in [6, 6.07) is 33.6. The van der Waals surface area contributed by atoms with Crippen LogP contribution in [0.3, 0.4) is 0 Å². The van der Waals surface area contributed by atoms with E-state index in [1.807, 2.05) is 161 Å². The first-order valence-electron chi connectivity index (χ1n) is 51.5. The summed E-state index contributed by atoms with van der Waals surface area (Å²) >= 11 is 0. The smallest absolute Gasteiger partial charge is 0.322 e. The number of urea groups is 6. The van der Waals surface area contributed by atoms with Crippen molar-refractivity contribution in [2.75, 3.05) is 150 Å². The summed E-state index contributed by atoms with van der Waals surface area (Å²) < 4.78 is 27.6. The molecule has 6 aromatic carbocycles. The number of hydrogen-bond acceptors (Lipinski definition) is 15. The summed E-state index contributed by atoms with van der Waals surface area (Å²) in [4.78, 5) is 184. The molecule has 12 aliphatic rings. The normalized spacial score (nSPS) is 20.3. The maximum atomic E-state index is 14.3. The number of benzene rings is 6. The van der Waals surface area contributed by atoms with E-state index in [9.17, 15) is 66.3 Å². The highest BCUT2D eigenvalue weighted by molar-refractivity contribution is 6.00. The van der Waals surface area contributed by atoms with E-state index < -0.39 is 47.9 Å². The number of carbonyl (C=O) groups is 12. The van der Waals surface area contributed by atoms with E-state index in [2.05, 4.69) is 62.6 Å². The molecule has 12 aliphatic heterocycles. The Morgan fingerprint density at radius 1 is 0.319 bits per heavy atom. The van der Waals surface area contributed by atoms with Crippen molar-refractivity contribution in [1.29, 1.82) is 0 Å². The van der Waals surface area contributed by atoms with E-state index in [-0.39, 0.29) is 96.6 Å². The minimum Gasteiger partial charge on any atom is -0.342 e. The van der Waals surface area contributed by atoms with Crippen LogP contribution in [0.1, 0.15) is 193 Å². The molecule has 18 amide bonds. The molecule has 35 heteroatoms. The number of likely N-dealkylation sites (tertiary alicyclic amines) is 9. The van der Waals surface area contributed by atoms with Crippen molar-refractivity contribution in [3.05, 3.63) is 178 Å². The zero-order valence-corrected chi connectivity index (χ0v) is 82.2. The van der Waals surface area contributed by atoms with Crippen molar-refractivity contribution >= 4 is 106 Å². The number of anilines is 6. The first-order valence-corrected chi connectivity index (χ1v) is 51.5. The molecule has 6 aromatic rings. The Kier molecular flexibility index (Phi) is 34.4. The Labute approximate surface area is 826 Å². The van der Waals surface area contributed by atoms with Crippen LogP contribution >= 0.6 is 0 Å². The summed E-state index contributed by atoms with van der Waals surface area (Å²) in [5, 5.41) is 25.4. The maximum Gasteiger partial charge on any atom is 0.322 e. The van der Waals surface area contributed by atoms with Crippen LogP contribution in [0.2, 0.25) is 0 Å². The SMILES string of the molecule is Cc1ccc(C)c(NC(=O)N[C@@H](CC(=O)N2CCC(N3Cc4ccccc4NC3=O)CC2)C(=O)N2CCC(N3CCCCC3)CC2)c1.Cc1ccc(NC(=O)N[C@@H](CC(=O)N2CCC(N3Cc4ccccc4NC3=O)CC2)C(=O)N2CCC(N3CCCCC3)CC2)cc1C.O=C(Nc1ccc(F)cc1F)N[C@@H](CC(=O)N1CCC(N2Cc3ccccc3NC2=O)CC1)C(=O)N1CCC(N2CCCCC2)CC1. The predicted molar refractivity (Wildman–Crippen MR) is 537 cm³/mol. The zero-order chi connectivity index (χ0) is 98.7. The van der Waals surface area contributed by atoms with E-state index in [0.29, 0.717) is 172 Å². The summed E-state index contributed by atoms with van der Waals surface area (Å²) in [5.41, 5.74) is 10.9. The topological polar surface area (TPSA) is 352 Å². The molecule has 33 nitrogen and oxygen atoms in total. The number of para-hydroxylation sites is 3. The van der Waals surface area contributed by atoms with Crippen molar-refractivity contribution < 1.29 is 66.3 Å². The number of nitrogens with one attached hydrogen (secondary N) is 9. The number of aryl methyl sites for hydroxylation is 4. The minimum absolute atomic E-state index is 0.0208. The molecule has 0 radical (unpaired) electrons. The number of piperidine rings is 9. The number of hydrogen-bond donors (Lipinski definition) is 9. The summed E-state index contributed by atoms with van der Waals surface area (Å²) in [7, 11) is 0. The highest BCUT2D eigenvalue weighted by atomic mass is 19.1. The van der Waals surface area contributed by atoms with Crippen LogP contribution in [0.15, 0.2) is 127 Å². The third-order valence-corrected chi connectivity index (χ3v) is 30.9. The van der Waals surface area contributed by atoms with E-state index in [4.69, 9.17) is 0 Å². The van der Waals surface area contributed by atoms with E-state index >= 15 is 0 Å². The number of fused-ring (bicyclic) bond motifs is 3. The van der Waals surface area contributed by atoms with E-state index in [0.717, 1.165) is 146 Å². The molecule has 0 aromatic heterocycles. The summed E-state index contributed by atoms with van der Waals surface area (Å²) in [6.07, 6.45) is 19.7. The second-order valence-electron chi connectivity index (χ2n) is 40.2. The van der Waals surface area contributed by atoms with Gasteiger partial charge < -0.3 is 107 Å². The number of rotatable bonds is 21. The van der Waals surface area contributed by atoms with Gasteiger partial charge in [-0.05, 0) is 270 Å². The lowest BCUT2D eigenvalue weighted by Crippen LogP contribution is -2.56. The van der Waals surface area contributed by atoms with Crippen LogP contribution in [0.5, 0.6) is 0 Å². The fourth-order valence-electron chi connectivity index (χ4n) is 22.4. The number of nitrogens with zero attached hydrogens (tertiary/aromatic N) is 12. The largest absolute Gasteiger partial charge is 0.342 e. The van der Waals surface area contributed by atoms with Crippen LogP contribution in [-0.4, -0.2) is 303 Å². The van der Waals surface area contributed by atoms with Gasteiger partial charge >= 0.3 is 36.2 Å². The van der Waals surface area contributed by atoms with Crippen molar-refractivity contribution in [3.63, 3.8) is 0 Å². The second kappa shape index (κ2) is 47.8. The van der Waals surface area contributed by atoms with Gasteiger partial charge in [0.05, 0.1) is 24.9 Å². The fourth-order valence-corrected chi connectivity index (χ4v) is 22.4. The van der Waals surface area contributed by atoms with Gasteiger partial charge in [0.1, 0.15) is 29.8 Å². The molecule has 141 heavy (non-hydrogen) atoms. The molecule has 0 unspecified atom stereocenters. The molecule has 12 heterocycles. The molecule has 18 rings (SSSR count). The minimum atomic E-state index is -1.17. The van der Waals surface area contributed by atoms with Gasteiger partial charge in [-0.2, -0.15) is 0 Å². The molecule has 9 fully saturated rings. The molecular weight excluding hydrogens is 1800 g/mol. The average Bonchev–Trinajstić information content (AvgIpc) is 0.800. The molecule has 756 valence electrons. The second-order valence-corrected chi connectivity index (χ2v) is 40.2. The van der Waals surface area contributed by atoms with Gasteiger partial charge in [0, 0.05) is 169 Å². The lowest BCUT2D eigenvalue weighted by molar-refractivity contribution is -0.140. The molecule has 9 N–H and O–H groups in total. The third-order valence-electron chi connectivity index (χ3n) is 30.9. The Bertz CT molecular complexity index is 5430. The molecule has 3 atom stereocenters. The van der Waals surface area contributed by atoms with Crippen molar-refractivity contribution in [2.24, 2.45) is 0 Å². The number of halogens is 2.